The summed E-state index contributed by atoms with van der Waals surface area (Å²) < 4.78 is 1.72. The fraction of sp³-hybridized carbons (Fsp3) is 0.179. The topological polar surface area (TPSA) is 67.2 Å². The molecule has 0 atom stereocenters. The number of aromatic nitrogens is 2. The van der Waals surface area contributed by atoms with E-state index in [2.05, 4.69) is 5.32 Å². The maximum Gasteiger partial charge on any atom is 0.259 e. The van der Waals surface area contributed by atoms with Gasteiger partial charge in [0, 0.05) is 36.1 Å². The molecular formula is C28H28N4O2. The van der Waals surface area contributed by atoms with Crippen LogP contribution in [0.5, 0.6) is 0 Å². The fourth-order valence-corrected chi connectivity index (χ4v) is 3.88. The Kier molecular flexibility index (Phi) is 6.87. The monoisotopic (exact) mass is 452 g/mol. The molecule has 0 fully saturated rings. The largest absolute Gasteiger partial charge is 0.339 e. The Balaban J connectivity index is 1.64. The van der Waals surface area contributed by atoms with Gasteiger partial charge in [-0.05, 0) is 62.7 Å². The molecule has 2 amide bonds. The number of para-hydroxylation sites is 1. The molecule has 4 rings (SSSR count). The molecule has 0 saturated heterocycles. The molecule has 0 aliphatic carbocycles. The van der Waals surface area contributed by atoms with E-state index >= 15 is 0 Å². The summed E-state index contributed by atoms with van der Waals surface area (Å²) in [5, 5.41) is 7.71. The van der Waals surface area contributed by atoms with Crippen molar-refractivity contribution in [2.75, 3.05) is 18.4 Å². The predicted molar refractivity (Wildman–Crippen MR) is 135 cm³/mol. The maximum absolute atomic E-state index is 13.3. The average molecular weight is 453 g/mol. The number of hydrogen-bond acceptors (Lipinski definition) is 3. The van der Waals surface area contributed by atoms with Crippen LogP contribution in [-0.2, 0) is 0 Å². The van der Waals surface area contributed by atoms with Crippen LogP contribution in [-0.4, -0.2) is 39.6 Å². The first-order chi connectivity index (χ1) is 16.5. The summed E-state index contributed by atoms with van der Waals surface area (Å²) in [6.45, 7) is 7.22. The quantitative estimate of drug-likeness (QED) is 0.398. The van der Waals surface area contributed by atoms with Crippen molar-refractivity contribution in [1.82, 2.24) is 14.7 Å². The smallest absolute Gasteiger partial charge is 0.259 e. The first-order valence-corrected chi connectivity index (χ1v) is 11.4. The molecule has 34 heavy (non-hydrogen) atoms. The van der Waals surface area contributed by atoms with E-state index < -0.39 is 0 Å². The molecule has 6 heteroatoms. The standard InChI is InChI=1S/C28H28N4O2/c1-4-31(5-2)28(34)21-15-17-22(18-16-21)29-27(33)25-19-32(23-12-7-6-8-13-23)30-26(25)24-14-10-9-11-20(24)3/h6-19H,4-5H2,1-3H3,(H,29,33). The van der Waals surface area contributed by atoms with Crippen molar-refractivity contribution in [3.63, 3.8) is 0 Å². The lowest BCUT2D eigenvalue weighted by atomic mass is 10.0. The van der Waals surface area contributed by atoms with Gasteiger partial charge in [-0.2, -0.15) is 5.10 Å². The van der Waals surface area contributed by atoms with E-state index in [4.69, 9.17) is 5.10 Å². The van der Waals surface area contributed by atoms with Crippen molar-refractivity contribution in [2.24, 2.45) is 0 Å². The summed E-state index contributed by atoms with van der Waals surface area (Å²) in [5.74, 6) is -0.280. The van der Waals surface area contributed by atoms with Crippen molar-refractivity contribution in [2.45, 2.75) is 20.8 Å². The van der Waals surface area contributed by atoms with Gasteiger partial charge in [-0.15, -0.1) is 0 Å². The number of amides is 2. The van der Waals surface area contributed by atoms with Gasteiger partial charge in [0.15, 0.2) is 0 Å². The van der Waals surface area contributed by atoms with E-state index in [-0.39, 0.29) is 11.8 Å². The van der Waals surface area contributed by atoms with Gasteiger partial charge in [-0.25, -0.2) is 4.68 Å². The zero-order valence-corrected chi connectivity index (χ0v) is 19.7. The fourth-order valence-electron chi connectivity index (χ4n) is 3.88. The third-order valence-corrected chi connectivity index (χ3v) is 5.82. The summed E-state index contributed by atoms with van der Waals surface area (Å²) in [5.41, 5.74) is 5.12. The van der Waals surface area contributed by atoms with Gasteiger partial charge in [0.05, 0.1) is 11.3 Å². The first-order valence-electron chi connectivity index (χ1n) is 11.4. The number of carbonyl (C=O) groups excluding carboxylic acids is 2. The summed E-state index contributed by atoms with van der Waals surface area (Å²) >= 11 is 0. The average Bonchev–Trinajstić information content (AvgIpc) is 3.31. The van der Waals surface area contributed by atoms with Crippen LogP contribution < -0.4 is 5.32 Å². The van der Waals surface area contributed by atoms with Gasteiger partial charge in [-0.1, -0.05) is 42.5 Å². The van der Waals surface area contributed by atoms with Crippen molar-refractivity contribution < 1.29 is 9.59 Å². The first kappa shape index (κ1) is 23.0. The zero-order valence-electron chi connectivity index (χ0n) is 19.7. The van der Waals surface area contributed by atoms with Gasteiger partial charge in [0.2, 0.25) is 0 Å². The van der Waals surface area contributed by atoms with Crippen molar-refractivity contribution in [3.05, 3.63) is 102 Å². The Morgan fingerprint density at radius 2 is 1.53 bits per heavy atom. The molecule has 3 aromatic carbocycles. The zero-order chi connectivity index (χ0) is 24.1. The van der Waals surface area contributed by atoms with E-state index in [1.54, 1.807) is 40.0 Å². The van der Waals surface area contributed by atoms with E-state index in [1.165, 1.54) is 0 Å². The second-order valence-electron chi connectivity index (χ2n) is 8.00. The lowest BCUT2D eigenvalue weighted by Gasteiger charge is -2.18. The summed E-state index contributed by atoms with van der Waals surface area (Å²) in [4.78, 5) is 27.7. The summed E-state index contributed by atoms with van der Waals surface area (Å²) in [6.07, 6.45) is 1.75. The molecule has 1 heterocycles. The molecule has 4 aromatic rings. The molecule has 1 aromatic heterocycles. The number of rotatable bonds is 7. The van der Waals surface area contributed by atoms with Crippen LogP contribution in [0.2, 0.25) is 0 Å². The van der Waals surface area contributed by atoms with E-state index in [9.17, 15) is 9.59 Å². The number of carbonyl (C=O) groups is 2. The van der Waals surface area contributed by atoms with Crippen LogP contribution in [0.4, 0.5) is 5.69 Å². The van der Waals surface area contributed by atoms with E-state index in [1.807, 2.05) is 75.4 Å². The molecule has 172 valence electrons. The highest BCUT2D eigenvalue weighted by molar-refractivity contribution is 6.08. The Morgan fingerprint density at radius 1 is 0.882 bits per heavy atom. The summed E-state index contributed by atoms with van der Waals surface area (Å²) in [6, 6.07) is 24.6. The molecule has 0 spiro atoms. The second kappa shape index (κ2) is 10.2. The Hall–Kier alpha value is -4.19. The predicted octanol–water partition coefficient (Wildman–Crippen LogP) is 5.58. The van der Waals surface area contributed by atoms with E-state index in [0.29, 0.717) is 35.6 Å². The van der Waals surface area contributed by atoms with Crippen LogP contribution in [0, 0.1) is 6.92 Å². The SMILES string of the molecule is CCN(CC)C(=O)c1ccc(NC(=O)c2cn(-c3ccccc3)nc2-c2ccccc2C)cc1. The molecule has 1 N–H and O–H groups in total. The minimum Gasteiger partial charge on any atom is -0.339 e. The molecular weight excluding hydrogens is 424 g/mol. The highest BCUT2D eigenvalue weighted by Gasteiger charge is 2.20. The van der Waals surface area contributed by atoms with Crippen LogP contribution in [0.25, 0.3) is 16.9 Å². The number of aryl methyl sites for hydroxylation is 1. The molecule has 0 aliphatic rings. The Labute approximate surface area is 199 Å². The van der Waals surface area contributed by atoms with Crippen molar-refractivity contribution in [3.8, 4) is 16.9 Å². The number of anilines is 1. The number of hydrogen-bond donors (Lipinski definition) is 1. The lowest BCUT2D eigenvalue weighted by Crippen LogP contribution is -2.30. The molecule has 0 aliphatic heterocycles. The van der Waals surface area contributed by atoms with Gasteiger partial charge >= 0.3 is 0 Å². The minimum absolute atomic E-state index is 0.0196. The molecule has 0 unspecified atom stereocenters. The number of nitrogens with zero attached hydrogens (tertiary/aromatic N) is 3. The second-order valence-corrected chi connectivity index (χ2v) is 8.00. The highest BCUT2D eigenvalue weighted by atomic mass is 16.2. The third kappa shape index (κ3) is 4.76. The van der Waals surface area contributed by atoms with Gasteiger partial charge in [-0.3, -0.25) is 9.59 Å². The molecule has 0 saturated carbocycles. The Morgan fingerprint density at radius 3 is 2.18 bits per heavy atom. The third-order valence-electron chi connectivity index (χ3n) is 5.82. The van der Waals surface area contributed by atoms with Crippen LogP contribution in [0.3, 0.4) is 0 Å². The van der Waals surface area contributed by atoms with Crippen LogP contribution in [0.1, 0.15) is 40.1 Å². The maximum atomic E-state index is 13.3. The number of nitrogens with one attached hydrogen (secondary N) is 1. The van der Waals surface area contributed by atoms with Crippen LogP contribution in [0.15, 0.2) is 85.1 Å². The molecule has 6 nitrogen and oxygen atoms in total. The Bertz CT molecular complexity index is 1290. The van der Waals surface area contributed by atoms with Gasteiger partial charge in [0.1, 0.15) is 5.69 Å². The van der Waals surface area contributed by atoms with E-state index in [0.717, 1.165) is 16.8 Å². The minimum atomic E-state index is -0.261. The van der Waals surface area contributed by atoms with Crippen molar-refractivity contribution in [1.29, 1.82) is 0 Å². The molecule has 0 bridgehead atoms. The van der Waals surface area contributed by atoms with Crippen molar-refractivity contribution >= 4 is 17.5 Å². The molecule has 0 radical (unpaired) electrons. The van der Waals surface area contributed by atoms with Gasteiger partial charge in [0.25, 0.3) is 11.8 Å². The lowest BCUT2D eigenvalue weighted by molar-refractivity contribution is 0.0773. The van der Waals surface area contributed by atoms with Crippen LogP contribution >= 0.6 is 0 Å². The normalized spacial score (nSPS) is 10.7. The summed E-state index contributed by atoms with van der Waals surface area (Å²) in [7, 11) is 0. The number of benzene rings is 3. The van der Waals surface area contributed by atoms with Gasteiger partial charge < -0.3 is 10.2 Å². The highest BCUT2D eigenvalue weighted by Crippen LogP contribution is 2.27.